The molecule has 5 rings (SSSR count). The first-order valence-corrected chi connectivity index (χ1v) is 11.9. The lowest BCUT2D eigenvalue weighted by atomic mass is 10.00. The Bertz CT molecular complexity index is 1510. The molecule has 0 unspecified atom stereocenters. The van der Waals surface area contributed by atoms with Crippen molar-refractivity contribution in [2.45, 2.75) is 51.0 Å². The van der Waals surface area contributed by atoms with Crippen LogP contribution in [0.2, 0.25) is 0 Å². The van der Waals surface area contributed by atoms with E-state index in [4.69, 9.17) is 14.2 Å². The summed E-state index contributed by atoms with van der Waals surface area (Å²) in [7, 11) is 0. The lowest BCUT2D eigenvalue weighted by molar-refractivity contribution is -0.141. The minimum atomic E-state index is -4.94. The number of alkyl halides is 6. The highest BCUT2D eigenvalue weighted by Gasteiger charge is 2.51. The molecule has 2 aliphatic rings. The van der Waals surface area contributed by atoms with Gasteiger partial charge in [0, 0.05) is 18.8 Å². The monoisotopic (exact) mass is 574 g/mol. The summed E-state index contributed by atoms with van der Waals surface area (Å²) in [5.41, 5.74) is -4.25. The third-order valence-corrected chi connectivity index (χ3v) is 6.55. The maximum absolute atomic E-state index is 14.7. The Morgan fingerprint density at radius 2 is 1.88 bits per heavy atom. The van der Waals surface area contributed by atoms with Crippen molar-refractivity contribution in [3.63, 3.8) is 0 Å². The predicted octanol–water partition coefficient (Wildman–Crippen LogP) is 5.18. The van der Waals surface area contributed by atoms with Crippen LogP contribution in [-0.2, 0) is 30.2 Å². The second-order valence-corrected chi connectivity index (χ2v) is 9.74. The van der Waals surface area contributed by atoms with Gasteiger partial charge in [-0.1, -0.05) is 6.07 Å². The summed E-state index contributed by atoms with van der Waals surface area (Å²) in [6, 6.07) is 4.90. The van der Waals surface area contributed by atoms with Gasteiger partial charge in [-0.15, -0.1) is 0 Å². The zero-order valence-electron chi connectivity index (χ0n) is 20.9. The van der Waals surface area contributed by atoms with Gasteiger partial charge in [0.05, 0.1) is 24.8 Å². The van der Waals surface area contributed by atoms with Crippen LogP contribution in [0, 0.1) is 5.82 Å². The number of hydrogen-bond acceptors (Lipinski definition) is 7. The molecule has 3 aromatic rings. The summed E-state index contributed by atoms with van der Waals surface area (Å²) < 4.78 is 113. The van der Waals surface area contributed by atoms with E-state index >= 15 is 0 Å². The first-order chi connectivity index (χ1) is 18.7. The molecule has 2 aliphatic heterocycles. The number of ether oxygens (including phenoxy) is 3. The molecule has 2 atom stereocenters. The van der Waals surface area contributed by atoms with E-state index in [2.05, 4.69) is 9.97 Å². The number of pyridine rings is 1. The molecule has 8 nitrogen and oxygen atoms in total. The highest BCUT2D eigenvalue weighted by Crippen LogP contribution is 2.47. The summed E-state index contributed by atoms with van der Waals surface area (Å²) in [5, 5.41) is 0. The molecular formula is C25H21F7N4O4. The van der Waals surface area contributed by atoms with Crippen molar-refractivity contribution in [2.24, 2.45) is 0 Å². The van der Waals surface area contributed by atoms with Crippen LogP contribution >= 0.6 is 0 Å². The summed E-state index contributed by atoms with van der Waals surface area (Å²) in [6.45, 7) is 2.95. The number of hydrogen-bond donors (Lipinski definition) is 0. The van der Waals surface area contributed by atoms with Crippen LogP contribution in [0.15, 0.2) is 41.3 Å². The highest BCUT2D eigenvalue weighted by atomic mass is 19.4. The normalized spacial score (nSPS) is 20.7. The Labute approximate surface area is 221 Å². The smallest absolute Gasteiger partial charge is 0.433 e. The summed E-state index contributed by atoms with van der Waals surface area (Å²) >= 11 is 0. The van der Waals surface area contributed by atoms with Crippen molar-refractivity contribution in [1.29, 1.82) is 0 Å². The van der Waals surface area contributed by atoms with Gasteiger partial charge in [0.2, 0.25) is 5.88 Å². The molecule has 0 aliphatic carbocycles. The number of fused-ring (bicyclic) bond motifs is 3. The predicted molar refractivity (Wildman–Crippen MR) is 125 cm³/mol. The topological polar surface area (TPSA) is 78.7 Å². The molecule has 0 saturated carbocycles. The molecule has 1 fully saturated rings. The molecule has 40 heavy (non-hydrogen) atoms. The van der Waals surface area contributed by atoms with Gasteiger partial charge in [-0.3, -0.25) is 9.55 Å². The highest BCUT2D eigenvalue weighted by molar-refractivity contribution is 5.59. The standard InChI is InChI=1S/C25H21F7N4O4/c1-13-9-36-21-19(25(30,31)32)20(34-22(37)35(21)11-23(36,2)12-39-13)38-10-14-3-4-17(16(26)7-14)40-15-5-6-33-18(8-15)24(27,28)29/h3-8,13H,9-12H2,1-2H3/t13-,23+/m0/s1. The Kier molecular flexibility index (Phi) is 6.67. The number of nitrogens with zero attached hydrogens (tertiary/aromatic N) is 4. The van der Waals surface area contributed by atoms with Gasteiger partial charge in [0.15, 0.2) is 17.1 Å². The molecule has 15 heteroatoms. The molecule has 2 aromatic heterocycles. The lowest BCUT2D eigenvalue weighted by Crippen LogP contribution is -2.56. The average molecular weight is 574 g/mol. The van der Waals surface area contributed by atoms with E-state index in [1.165, 1.54) is 11.0 Å². The zero-order chi connectivity index (χ0) is 29.0. The Hall–Kier alpha value is -3.88. The van der Waals surface area contributed by atoms with Crippen LogP contribution in [0.25, 0.3) is 0 Å². The Balaban J connectivity index is 1.41. The Morgan fingerprint density at radius 3 is 2.55 bits per heavy atom. The molecule has 4 heterocycles. The van der Waals surface area contributed by atoms with Gasteiger partial charge in [0.1, 0.15) is 23.9 Å². The number of benzene rings is 1. The van der Waals surface area contributed by atoms with Gasteiger partial charge in [0.25, 0.3) is 0 Å². The van der Waals surface area contributed by atoms with Gasteiger partial charge in [-0.25, -0.2) is 9.18 Å². The lowest BCUT2D eigenvalue weighted by Gasteiger charge is -2.42. The van der Waals surface area contributed by atoms with E-state index in [1.54, 1.807) is 13.8 Å². The number of aromatic nitrogens is 3. The fourth-order valence-corrected chi connectivity index (χ4v) is 4.67. The van der Waals surface area contributed by atoms with Crippen LogP contribution in [0.3, 0.4) is 0 Å². The second-order valence-electron chi connectivity index (χ2n) is 9.74. The van der Waals surface area contributed by atoms with E-state index in [0.717, 1.165) is 29.0 Å². The van der Waals surface area contributed by atoms with Gasteiger partial charge in [-0.05, 0) is 37.6 Å². The van der Waals surface area contributed by atoms with Crippen LogP contribution in [-0.4, -0.2) is 39.3 Å². The SMILES string of the molecule is C[C@H]1CN2c3c(C(F)(F)F)c(OCc4ccc(Oc5ccnc(C(F)(F)F)c5)c(F)c4)nc(=O)n3C[C@]2(C)CO1. The largest absolute Gasteiger partial charge is 0.472 e. The second kappa shape index (κ2) is 9.64. The first-order valence-electron chi connectivity index (χ1n) is 11.9. The van der Waals surface area contributed by atoms with Crippen LogP contribution in [0.4, 0.5) is 36.6 Å². The van der Waals surface area contributed by atoms with Crippen molar-refractivity contribution < 1.29 is 44.9 Å². The third kappa shape index (κ3) is 5.17. The van der Waals surface area contributed by atoms with Crippen molar-refractivity contribution in [3.8, 4) is 17.4 Å². The molecule has 1 saturated heterocycles. The zero-order valence-corrected chi connectivity index (χ0v) is 20.9. The summed E-state index contributed by atoms with van der Waals surface area (Å²) in [5.74, 6) is -3.10. The molecular weight excluding hydrogens is 553 g/mol. The first kappa shape index (κ1) is 27.7. The third-order valence-electron chi connectivity index (χ3n) is 6.55. The molecule has 0 N–H and O–H groups in total. The minimum absolute atomic E-state index is 0.0518. The van der Waals surface area contributed by atoms with Crippen LogP contribution < -0.4 is 20.1 Å². The van der Waals surface area contributed by atoms with Gasteiger partial charge < -0.3 is 19.1 Å². The fourth-order valence-electron chi connectivity index (χ4n) is 4.67. The number of halogens is 7. The van der Waals surface area contributed by atoms with E-state index in [-0.39, 0.29) is 42.9 Å². The van der Waals surface area contributed by atoms with Crippen LogP contribution in [0.1, 0.15) is 30.7 Å². The van der Waals surface area contributed by atoms with E-state index in [9.17, 15) is 35.5 Å². The molecule has 214 valence electrons. The molecule has 0 amide bonds. The average Bonchev–Trinajstić information content (AvgIpc) is 3.16. The van der Waals surface area contributed by atoms with E-state index in [1.807, 2.05) is 0 Å². The van der Waals surface area contributed by atoms with Gasteiger partial charge >= 0.3 is 18.0 Å². The maximum atomic E-state index is 14.7. The van der Waals surface area contributed by atoms with E-state index in [0.29, 0.717) is 6.07 Å². The Morgan fingerprint density at radius 1 is 1.12 bits per heavy atom. The van der Waals surface area contributed by atoms with Crippen molar-refractivity contribution in [1.82, 2.24) is 14.5 Å². The maximum Gasteiger partial charge on any atom is 0.433 e. The van der Waals surface area contributed by atoms with Crippen molar-refractivity contribution >= 4 is 5.82 Å². The summed E-state index contributed by atoms with van der Waals surface area (Å²) in [4.78, 5) is 20.9. The van der Waals surface area contributed by atoms with Crippen molar-refractivity contribution in [3.05, 3.63) is 69.7 Å². The number of anilines is 1. The molecule has 1 aromatic carbocycles. The minimum Gasteiger partial charge on any atom is -0.472 e. The van der Waals surface area contributed by atoms with Crippen LogP contribution in [0.5, 0.6) is 17.4 Å². The quantitative estimate of drug-likeness (QED) is 0.389. The van der Waals surface area contributed by atoms with Gasteiger partial charge in [-0.2, -0.15) is 31.3 Å². The number of morpholine rings is 1. The number of rotatable bonds is 5. The summed E-state index contributed by atoms with van der Waals surface area (Å²) in [6.07, 6.45) is -9.21. The molecule has 0 spiro atoms. The molecule has 0 radical (unpaired) electrons. The fraction of sp³-hybridized carbons (Fsp3) is 0.400. The van der Waals surface area contributed by atoms with E-state index < -0.39 is 58.9 Å². The molecule has 0 bridgehead atoms. The van der Waals surface area contributed by atoms with Crippen molar-refractivity contribution in [2.75, 3.05) is 18.1 Å².